The Morgan fingerprint density at radius 2 is 1.95 bits per heavy atom. The molecule has 0 saturated carbocycles. The molecule has 0 radical (unpaired) electrons. The van der Waals surface area contributed by atoms with E-state index in [0.29, 0.717) is 12.2 Å². The van der Waals surface area contributed by atoms with Gasteiger partial charge in [-0.25, -0.2) is 0 Å². The summed E-state index contributed by atoms with van der Waals surface area (Å²) < 4.78 is 5.37. The summed E-state index contributed by atoms with van der Waals surface area (Å²) in [6.07, 6.45) is 7.95. The molecule has 0 aromatic heterocycles. The van der Waals surface area contributed by atoms with Crippen LogP contribution in [0.15, 0.2) is 35.4 Å². The number of carbonyl (C=O) groups is 1. The minimum atomic E-state index is 0.124. The first-order chi connectivity index (χ1) is 10.6. The maximum Gasteiger partial charge on any atom is 0.155 e. The molecular formula is C20H22O2. The number of ether oxygens (including phenoxy) is 1. The van der Waals surface area contributed by atoms with Gasteiger partial charge in [0.2, 0.25) is 0 Å². The number of fused-ring (bicyclic) bond motifs is 4. The first kappa shape index (κ1) is 13.8. The molecule has 0 bridgehead atoms. The van der Waals surface area contributed by atoms with Crippen molar-refractivity contribution < 1.29 is 9.53 Å². The molecule has 2 heteroatoms. The number of hydrogen-bond donors (Lipinski definition) is 0. The van der Waals surface area contributed by atoms with Crippen molar-refractivity contribution in [3.63, 3.8) is 0 Å². The highest BCUT2D eigenvalue weighted by atomic mass is 16.5. The number of benzene rings is 1. The Hall–Kier alpha value is -1.83. The van der Waals surface area contributed by atoms with Gasteiger partial charge in [0.15, 0.2) is 5.78 Å². The first-order valence-electron chi connectivity index (χ1n) is 8.25. The normalized spacial score (nSPS) is 26.8. The Morgan fingerprint density at radius 1 is 1.09 bits per heavy atom. The molecule has 0 spiro atoms. The van der Waals surface area contributed by atoms with E-state index in [2.05, 4.69) is 25.1 Å². The van der Waals surface area contributed by atoms with E-state index in [-0.39, 0.29) is 5.41 Å². The van der Waals surface area contributed by atoms with Crippen LogP contribution >= 0.6 is 0 Å². The van der Waals surface area contributed by atoms with Crippen LogP contribution in [-0.2, 0) is 11.2 Å². The minimum absolute atomic E-state index is 0.124. The monoisotopic (exact) mass is 294 g/mol. The summed E-state index contributed by atoms with van der Waals surface area (Å²) in [5.41, 5.74) is 7.46. The third-order valence-electron chi connectivity index (χ3n) is 5.87. The predicted molar refractivity (Wildman–Crippen MR) is 87.9 cm³/mol. The number of rotatable bonds is 1. The molecule has 1 aromatic rings. The Balaban J connectivity index is 1.84. The highest BCUT2D eigenvalue weighted by Crippen LogP contribution is 2.55. The van der Waals surface area contributed by atoms with Crippen molar-refractivity contribution in [1.29, 1.82) is 0 Å². The smallest absolute Gasteiger partial charge is 0.155 e. The second-order valence-electron chi connectivity index (χ2n) is 6.95. The molecule has 2 nitrogen and oxygen atoms in total. The van der Waals surface area contributed by atoms with E-state index in [1.807, 2.05) is 6.08 Å². The molecule has 0 aliphatic heterocycles. The van der Waals surface area contributed by atoms with Gasteiger partial charge in [-0.3, -0.25) is 4.79 Å². The van der Waals surface area contributed by atoms with Crippen molar-refractivity contribution in [3.8, 4) is 5.75 Å². The van der Waals surface area contributed by atoms with E-state index in [9.17, 15) is 4.79 Å². The zero-order chi connectivity index (χ0) is 15.3. The van der Waals surface area contributed by atoms with Gasteiger partial charge in [-0.2, -0.15) is 0 Å². The van der Waals surface area contributed by atoms with Crippen LogP contribution in [-0.4, -0.2) is 12.9 Å². The van der Waals surface area contributed by atoms with Crippen LogP contribution < -0.4 is 4.74 Å². The van der Waals surface area contributed by atoms with Crippen molar-refractivity contribution in [3.05, 3.63) is 46.5 Å². The number of carbonyl (C=O) groups excluding carboxylic acids is 1. The molecule has 0 amide bonds. The Kier molecular flexibility index (Phi) is 3.04. The van der Waals surface area contributed by atoms with Crippen molar-refractivity contribution in [1.82, 2.24) is 0 Å². The molecular weight excluding hydrogens is 272 g/mol. The average molecular weight is 294 g/mol. The topological polar surface area (TPSA) is 26.3 Å². The fourth-order valence-electron chi connectivity index (χ4n) is 4.58. The molecule has 1 aromatic carbocycles. The standard InChI is InChI=1S/C20H22O2/c1-20-10-9-15(21)12-14(20)4-6-18-17-7-5-16(22-2)11-13(17)3-8-19(18)20/h5,7,11-12H,3-4,6,8-10H2,1-2H3. The second kappa shape index (κ2) is 4.84. The van der Waals surface area contributed by atoms with E-state index in [1.54, 1.807) is 12.7 Å². The molecule has 3 aliphatic rings. The van der Waals surface area contributed by atoms with E-state index in [1.165, 1.54) is 22.3 Å². The van der Waals surface area contributed by atoms with Crippen molar-refractivity contribution in [2.24, 2.45) is 5.41 Å². The molecule has 22 heavy (non-hydrogen) atoms. The van der Waals surface area contributed by atoms with Gasteiger partial charge in [-0.1, -0.05) is 24.1 Å². The second-order valence-corrected chi connectivity index (χ2v) is 6.95. The molecule has 1 unspecified atom stereocenters. The highest BCUT2D eigenvalue weighted by molar-refractivity contribution is 5.92. The number of allylic oxidation sites excluding steroid dienone is 4. The molecule has 0 fully saturated rings. The summed E-state index contributed by atoms with van der Waals surface area (Å²) in [4.78, 5) is 11.8. The lowest BCUT2D eigenvalue weighted by Crippen LogP contribution is -2.32. The highest BCUT2D eigenvalue weighted by Gasteiger charge is 2.41. The molecule has 114 valence electrons. The number of ketones is 1. The third-order valence-corrected chi connectivity index (χ3v) is 5.87. The number of methoxy groups -OCH3 is 1. The summed E-state index contributed by atoms with van der Waals surface area (Å²) >= 11 is 0. The largest absolute Gasteiger partial charge is 0.497 e. The van der Waals surface area contributed by atoms with Crippen molar-refractivity contribution in [2.75, 3.05) is 7.11 Å². The summed E-state index contributed by atoms with van der Waals surface area (Å²) in [6.45, 7) is 2.36. The van der Waals surface area contributed by atoms with Crippen LogP contribution in [0.2, 0.25) is 0 Å². The Bertz CT molecular complexity index is 723. The maximum absolute atomic E-state index is 11.8. The number of hydrogen-bond acceptors (Lipinski definition) is 2. The summed E-state index contributed by atoms with van der Waals surface area (Å²) in [5.74, 6) is 1.27. The van der Waals surface area contributed by atoms with E-state index >= 15 is 0 Å². The van der Waals surface area contributed by atoms with E-state index in [4.69, 9.17) is 4.74 Å². The van der Waals surface area contributed by atoms with Gasteiger partial charge in [-0.05, 0) is 67.0 Å². The van der Waals surface area contributed by atoms with Gasteiger partial charge < -0.3 is 4.74 Å². The van der Waals surface area contributed by atoms with Crippen LogP contribution in [0.5, 0.6) is 5.75 Å². The Morgan fingerprint density at radius 3 is 2.77 bits per heavy atom. The lowest BCUT2D eigenvalue weighted by molar-refractivity contribution is -0.115. The van der Waals surface area contributed by atoms with E-state index < -0.39 is 0 Å². The van der Waals surface area contributed by atoms with Gasteiger partial charge in [0, 0.05) is 11.8 Å². The summed E-state index contributed by atoms with van der Waals surface area (Å²) in [7, 11) is 1.73. The average Bonchev–Trinajstić information content (AvgIpc) is 2.54. The van der Waals surface area contributed by atoms with Gasteiger partial charge in [-0.15, -0.1) is 0 Å². The molecule has 1 atom stereocenters. The van der Waals surface area contributed by atoms with Crippen molar-refractivity contribution in [2.45, 2.75) is 45.4 Å². The molecule has 4 rings (SSSR count). The van der Waals surface area contributed by atoms with Crippen LogP contribution in [0.4, 0.5) is 0 Å². The van der Waals surface area contributed by atoms with Crippen LogP contribution in [0.3, 0.4) is 0 Å². The quantitative estimate of drug-likeness (QED) is 0.763. The molecule has 0 saturated heterocycles. The summed E-state index contributed by atoms with van der Waals surface area (Å²) in [6, 6.07) is 6.50. The van der Waals surface area contributed by atoms with Gasteiger partial charge in [0.1, 0.15) is 5.75 Å². The van der Waals surface area contributed by atoms with E-state index in [0.717, 1.165) is 37.9 Å². The van der Waals surface area contributed by atoms with Gasteiger partial charge >= 0.3 is 0 Å². The molecule has 0 heterocycles. The zero-order valence-electron chi connectivity index (χ0n) is 13.4. The lowest BCUT2D eigenvalue weighted by Gasteiger charge is -2.45. The lowest BCUT2D eigenvalue weighted by atomic mass is 9.59. The fourth-order valence-corrected chi connectivity index (χ4v) is 4.58. The van der Waals surface area contributed by atoms with Crippen LogP contribution in [0.1, 0.15) is 50.2 Å². The zero-order valence-corrected chi connectivity index (χ0v) is 13.4. The third kappa shape index (κ3) is 1.89. The molecule has 3 aliphatic carbocycles. The number of aryl methyl sites for hydroxylation is 1. The fraction of sp³-hybridized carbons (Fsp3) is 0.450. The summed E-state index contributed by atoms with van der Waals surface area (Å²) in [5, 5.41) is 0. The van der Waals surface area contributed by atoms with Crippen LogP contribution in [0, 0.1) is 5.41 Å². The predicted octanol–water partition coefficient (Wildman–Crippen LogP) is 4.48. The first-order valence-corrected chi connectivity index (χ1v) is 8.25. The molecule has 0 N–H and O–H groups in total. The SMILES string of the molecule is COc1ccc2c(c1)CCC1=C2CCC2=CC(=O)CCC21C. The Labute approximate surface area is 131 Å². The van der Waals surface area contributed by atoms with Gasteiger partial charge in [0.05, 0.1) is 7.11 Å². The van der Waals surface area contributed by atoms with Crippen LogP contribution in [0.25, 0.3) is 5.57 Å². The maximum atomic E-state index is 11.8. The van der Waals surface area contributed by atoms with Crippen molar-refractivity contribution >= 4 is 11.4 Å². The minimum Gasteiger partial charge on any atom is -0.497 e. The van der Waals surface area contributed by atoms with Gasteiger partial charge in [0.25, 0.3) is 0 Å².